The smallest absolute Gasteiger partial charge is 0.314 e. The average molecular weight is 180 g/mol. The topological polar surface area (TPSA) is 46.3 Å². The molecule has 2 amide bonds. The van der Waals surface area contributed by atoms with Crippen molar-refractivity contribution in [2.75, 3.05) is 13.1 Å². The summed E-state index contributed by atoms with van der Waals surface area (Å²) < 4.78 is 0. The number of amides is 2. The van der Waals surface area contributed by atoms with Crippen LogP contribution in [-0.4, -0.2) is 24.0 Å². The van der Waals surface area contributed by atoms with Crippen molar-refractivity contribution >= 4 is 29.4 Å². The van der Waals surface area contributed by atoms with Crippen LogP contribution in [0.1, 0.15) is 12.8 Å². The Morgan fingerprint density at radius 1 is 1.30 bits per heavy atom. The van der Waals surface area contributed by atoms with Crippen molar-refractivity contribution in [3.05, 3.63) is 0 Å². The van der Waals surface area contributed by atoms with Crippen LogP contribution in [0.15, 0.2) is 0 Å². The number of urea groups is 1. The van der Waals surface area contributed by atoms with Crippen LogP contribution in [0.2, 0.25) is 0 Å². The van der Waals surface area contributed by atoms with E-state index in [1.807, 2.05) is 0 Å². The van der Waals surface area contributed by atoms with Gasteiger partial charge < -0.3 is 10.6 Å². The number of thiol groups is 2. The van der Waals surface area contributed by atoms with E-state index in [2.05, 4.69) is 23.3 Å². The number of nitrogens with zero attached hydrogens (tertiary/aromatic N) is 1. The Balaban J connectivity index is 0.000000371. The van der Waals surface area contributed by atoms with Crippen molar-refractivity contribution < 1.29 is 4.79 Å². The number of primary amides is 1. The molecule has 1 aliphatic rings. The Morgan fingerprint density at radius 3 is 1.90 bits per heavy atom. The maximum atomic E-state index is 10.3. The van der Waals surface area contributed by atoms with E-state index in [1.165, 1.54) is 0 Å². The molecule has 0 radical (unpaired) electrons. The fourth-order valence-corrected chi connectivity index (χ4v) is 0.938. The third-order valence-electron chi connectivity index (χ3n) is 1.42. The van der Waals surface area contributed by atoms with Crippen molar-refractivity contribution in [3.63, 3.8) is 0 Å². The predicted molar refractivity (Wildman–Crippen MR) is 48.4 cm³/mol. The average Bonchev–Trinajstić information content (AvgIpc) is 2.42. The first-order valence-corrected chi connectivity index (χ1v) is 4.65. The highest BCUT2D eigenvalue weighted by molar-refractivity contribution is 8.59. The molecule has 2 N–H and O–H groups in total. The summed E-state index contributed by atoms with van der Waals surface area (Å²) in [5.74, 6) is 0. The van der Waals surface area contributed by atoms with Crippen molar-refractivity contribution in [3.8, 4) is 0 Å². The summed E-state index contributed by atoms with van der Waals surface area (Å²) in [6.07, 6.45) is 2.23. The van der Waals surface area contributed by atoms with Gasteiger partial charge in [-0.05, 0) is 12.8 Å². The van der Waals surface area contributed by atoms with Gasteiger partial charge in [-0.2, -0.15) is 0 Å². The van der Waals surface area contributed by atoms with E-state index in [0.29, 0.717) is 0 Å². The quantitative estimate of drug-likeness (QED) is 0.377. The molecule has 0 aromatic rings. The lowest BCUT2D eigenvalue weighted by molar-refractivity contribution is 0.218. The van der Waals surface area contributed by atoms with Crippen LogP contribution in [0.4, 0.5) is 4.79 Å². The minimum absolute atomic E-state index is 0.275. The molecular weight excluding hydrogens is 168 g/mol. The van der Waals surface area contributed by atoms with Crippen LogP contribution in [0.5, 0.6) is 0 Å². The molecule has 10 heavy (non-hydrogen) atoms. The van der Waals surface area contributed by atoms with E-state index in [1.54, 1.807) is 4.90 Å². The van der Waals surface area contributed by atoms with Gasteiger partial charge in [-0.25, -0.2) is 4.79 Å². The standard InChI is InChI=1S/C5H10N2O.H2S2/c6-5(8)7-3-1-2-4-7;1-2/h1-4H2,(H2,6,8);1-2H. The minimum Gasteiger partial charge on any atom is -0.351 e. The molecule has 0 aliphatic carbocycles. The van der Waals surface area contributed by atoms with Crippen LogP contribution < -0.4 is 5.73 Å². The molecule has 1 rings (SSSR count). The summed E-state index contributed by atoms with van der Waals surface area (Å²) >= 11 is 6.44. The molecule has 1 aliphatic heterocycles. The molecular formula is C5H12N2OS2. The van der Waals surface area contributed by atoms with Gasteiger partial charge in [-0.3, -0.25) is 0 Å². The Hall–Kier alpha value is -0.0300. The molecule has 1 heterocycles. The second-order valence-electron chi connectivity index (χ2n) is 2.03. The molecule has 0 atom stereocenters. The van der Waals surface area contributed by atoms with Gasteiger partial charge in [0, 0.05) is 13.1 Å². The summed E-state index contributed by atoms with van der Waals surface area (Å²) in [5.41, 5.74) is 4.98. The highest BCUT2D eigenvalue weighted by atomic mass is 33.1. The lowest BCUT2D eigenvalue weighted by Crippen LogP contribution is -2.32. The second-order valence-corrected chi connectivity index (χ2v) is 2.03. The monoisotopic (exact) mass is 180 g/mol. The first-order valence-electron chi connectivity index (χ1n) is 3.05. The lowest BCUT2D eigenvalue weighted by Gasteiger charge is -2.09. The summed E-state index contributed by atoms with van der Waals surface area (Å²) in [4.78, 5) is 12.0. The summed E-state index contributed by atoms with van der Waals surface area (Å²) in [5, 5.41) is 0. The Kier molecular flexibility index (Phi) is 5.71. The second kappa shape index (κ2) is 5.73. The maximum Gasteiger partial charge on any atom is 0.314 e. The molecule has 0 unspecified atom stereocenters. The summed E-state index contributed by atoms with van der Waals surface area (Å²) in [6, 6.07) is -0.275. The maximum absolute atomic E-state index is 10.3. The predicted octanol–water partition coefficient (Wildman–Crippen LogP) is 0.922. The van der Waals surface area contributed by atoms with Crippen molar-refractivity contribution in [2.45, 2.75) is 12.8 Å². The van der Waals surface area contributed by atoms with Gasteiger partial charge in [-0.15, -0.1) is 23.3 Å². The number of hydrogen-bond donors (Lipinski definition) is 3. The number of likely N-dealkylation sites (tertiary alicyclic amines) is 1. The SMILES string of the molecule is NC(=O)N1CCCC1.SS. The molecule has 1 fully saturated rings. The van der Waals surface area contributed by atoms with Crippen LogP contribution in [0, 0.1) is 0 Å². The molecule has 5 heteroatoms. The van der Waals surface area contributed by atoms with Gasteiger partial charge in [-0.1, -0.05) is 0 Å². The summed E-state index contributed by atoms with van der Waals surface area (Å²) in [6.45, 7) is 1.71. The molecule has 0 aromatic heterocycles. The summed E-state index contributed by atoms with van der Waals surface area (Å²) in [7, 11) is 0. The first-order chi connectivity index (χ1) is 4.80. The van der Waals surface area contributed by atoms with Gasteiger partial charge in [0.2, 0.25) is 0 Å². The van der Waals surface area contributed by atoms with E-state index < -0.39 is 0 Å². The lowest BCUT2D eigenvalue weighted by atomic mass is 10.4. The minimum atomic E-state index is -0.275. The number of hydrogen-bond acceptors (Lipinski definition) is 3. The fourth-order valence-electron chi connectivity index (χ4n) is 0.938. The molecule has 3 nitrogen and oxygen atoms in total. The van der Waals surface area contributed by atoms with E-state index in [-0.39, 0.29) is 6.03 Å². The molecule has 0 bridgehead atoms. The van der Waals surface area contributed by atoms with Gasteiger partial charge in [0.05, 0.1) is 0 Å². The molecule has 0 spiro atoms. The zero-order valence-electron chi connectivity index (χ0n) is 5.66. The molecule has 1 saturated heterocycles. The highest BCUT2D eigenvalue weighted by Crippen LogP contribution is 2.05. The van der Waals surface area contributed by atoms with Gasteiger partial charge in [0.15, 0.2) is 0 Å². The van der Waals surface area contributed by atoms with Crippen LogP contribution in [0.3, 0.4) is 0 Å². The molecule has 60 valence electrons. The largest absolute Gasteiger partial charge is 0.351 e. The fraction of sp³-hybridized carbons (Fsp3) is 0.800. The van der Waals surface area contributed by atoms with Crippen LogP contribution in [0.25, 0.3) is 0 Å². The number of rotatable bonds is 0. The van der Waals surface area contributed by atoms with Gasteiger partial charge in [0.25, 0.3) is 0 Å². The van der Waals surface area contributed by atoms with E-state index in [0.717, 1.165) is 25.9 Å². The van der Waals surface area contributed by atoms with E-state index in [9.17, 15) is 4.79 Å². The van der Waals surface area contributed by atoms with E-state index in [4.69, 9.17) is 5.73 Å². The van der Waals surface area contributed by atoms with Crippen molar-refractivity contribution in [1.82, 2.24) is 4.90 Å². The molecule has 0 aromatic carbocycles. The first kappa shape index (κ1) is 9.97. The third-order valence-corrected chi connectivity index (χ3v) is 1.42. The zero-order chi connectivity index (χ0) is 7.98. The van der Waals surface area contributed by atoms with Crippen molar-refractivity contribution in [2.24, 2.45) is 5.73 Å². The van der Waals surface area contributed by atoms with Crippen molar-refractivity contribution in [1.29, 1.82) is 0 Å². The zero-order valence-corrected chi connectivity index (χ0v) is 7.44. The number of carbonyl (C=O) groups excluding carboxylic acids is 1. The Labute approximate surface area is 71.2 Å². The van der Waals surface area contributed by atoms with E-state index >= 15 is 0 Å². The normalized spacial score (nSPS) is 16.0. The molecule has 0 saturated carbocycles. The van der Waals surface area contributed by atoms with Crippen LogP contribution >= 0.6 is 23.3 Å². The number of carbonyl (C=O) groups is 1. The van der Waals surface area contributed by atoms with Gasteiger partial charge in [0.1, 0.15) is 0 Å². The van der Waals surface area contributed by atoms with Gasteiger partial charge >= 0.3 is 6.03 Å². The third kappa shape index (κ3) is 3.22. The number of nitrogens with two attached hydrogens (primary N) is 1. The Bertz CT molecular complexity index is 104. The Morgan fingerprint density at radius 2 is 1.70 bits per heavy atom. The van der Waals surface area contributed by atoms with Crippen LogP contribution in [-0.2, 0) is 0 Å². The highest BCUT2D eigenvalue weighted by Gasteiger charge is 2.13.